The summed E-state index contributed by atoms with van der Waals surface area (Å²) in [6.45, 7) is 0. The highest BCUT2D eigenvalue weighted by atomic mass is 32.2. The zero-order valence-electron chi connectivity index (χ0n) is 8.49. The smallest absolute Gasteiger partial charge is 0.263 e. The van der Waals surface area contributed by atoms with Crippen molar-refractivity contribution >= 4 is 27.0 Å². The van der Waals surface area contributed by atoms with Crippen LogP contribution in [0, 0.1) is 11.3 Å². The van der Waals surface area contributed by atoms with Crippen LogP contribution in [0.4, 0.5) is 5.69 Å². The number of pyridine rings is 1. The van der Waals surface area contributed by atoms with Crippen LogP contribution in [0.1, 0.15) is 5.69 Å². The van der Waals surface area contributed by atoms with E-state index in [4.69, 9.17) is 5.26 Å². The van der Waals surface area contributed by atoms with Crippen LogP contribution in [0.5, 0.6) is 0 Å². The van der Waals surface area contributed by atoms with Gasteiger partial charge in [0.1, 0.15) is 16.7 Å². The van der Waals surface area contributed by atoms with E-state index in [0.29, 0.717) is 5.69 Å². The minimum absolute atomic E-state index is 0.0303. The predicted molar refractivity (Wildman–Crippen MR) is 64.1 cm³/mol. The van der Waals surface area contributed by atoms with Gasteiger partial charge in [-0.15, -0.1) is 0 Å². The third-order valence-electron chi connectivity index (χ3n) is 1.93. The summed E-state index contributed by atoms with van der Waals surface area (Å²) in [5, 5.41) is 12.0. The van der Waals surface area contributed by atoms with E-state index in [-0.39, 0.29) is 10.6 Å². The van der Waals surface area contributed by atoms with Gasteiger partial charge in [0.15, 0.2) is 0 Å². The lowest BCUT2D eigenvalue weighted by Crippen LogP contribution is -2.12. The maximum absolute atomic E-state index is 11.9. The third kappa shape index (κ3) is 2.61. The monoisotopic (exact) mass is 265 g/mol. The van der Waals surface area contributed by atoms with E-state index in [9.17, 15) is 8.42 Å². The molecule has 0 aliphatic carbocycles. The third-order valence-corrected chi connectivity index (χ3v) is 3.98. The summed E-state index contributed by atoms with van der Waals surface area (Å²) in [5.74, 6) is 0. The second-order valence-electron chi connectivity index (χ2n) is 3.11. The Bertz CT molecular complexity index is 640. The van der Waals surface area contributed by atoms with E-state index in [1.807, 2.05) is 6.07 Å². The molecule has 86 valence electrons. The zero-order valence-corrected chi connectivity index (χ0v) is 10.1. The van der Waals surface area contributed by atoms with Crippen LogP contribution in [0.15, 0.2) is 40.1 Å². The van der Waals surface area contributed by atoms with Crippen molar-refractivity contribution in [2.24, 2.45) is 0 Å². The van der Waals surface area contributed by atoms with Gasteiger partial charge >= 0.3 is 0 Å². The Hall–Kier alpha value is -1.91. The standard InChI is InChI=1S/C10H7N3O2S2/c11-5-8-1-2-10(6-12-8)17(14,15)13-9-3-4-16-7-9/h1-4,6-7,13H. The minimum atomic E-state index is -3.62. The Morgan fingerprint density at radius 3 is 2.71 bits per heavy atom. The topological polar surface area (TPSA) is 82.8 Å². The first kappa shape index (κ1) is 11.6. The van der Waals surface area contributed by atoms with Crippen LogP contribution in [0.2, 0.25) is 0 Å². The molecule has 0 spiro atoms. The summed E-state index contributed by atoms with van der Waals surface area (Å²) in [6, 6.07) is 6.20. The summed E-state index contributed by atoms with van der Waals surface area (Å²) in [6.07, 6.45) is 1.16. The summed E-state index contributed by atoms with van der Waals surface area (Å²) < 4.78 is 26.2. The fourth-order valence-electron chi connectivity index (χ4n) is 1.14. The number of aromatic nitrogens is 1. The predicted octanol–water partition coefficient (Wildman–Crippen LogP) is 1.82. The van der Waals surface area contributed by atoms with E-state index < -0.39 is 10.0 Å². The highest BCUT2D eigenvalue weighted by molar-refractivity contribution is 7.92. The second-order valence-corrected chi connectivity index (χ2v) is 5.57. The number of nitrogens with one attached hydrogen (secondary N) is 1. The average molecular weight is 265 g/mol. The largest absolute Gasteiger partial charge is 0.279 e. The van der Waals surface area contributed by atoms with Gasteiger partial charge in [-0.3, -0.25) is 4.72 Å². The van der Waals surface area contributed by atoms with Gasteiger partial charge in [0.05, 0.1) is 5.69 Å². The fourth-order valence-corrected chi connectivity index (χ4v) is 2.80. The molecule has 1 N–H and O–H groups in total. The fraction of sp³-hybridized carbons (Fsp3) is 0. The molecule has 0 saturated heterocycles. The van der Waals surface area contributed by atoms with Gasteiger partial charge in [-0.1, -0.05) is 0 Å². The molecular weight excluding hydrogens is 258 g/mol. The molecule has 0 fully saturated rings. The molecular formula is C10H7N3O2S2. The first-order valence-electron chi connectivity index (χ1n) is 4.53. The summed E-state index contributed by atoms with van der Waals surface area (Å²) in [4.78, 5) is 3.75. The number of hydrogen-bond donors (Lipinski definition) is 1. The molecule has 2 rings (SSSR count). The molecule has 0 amide bonds. The molecule has 5 nitrogen and oxygen atoms in total. The SMILES string of the molecule is N#Cc1ccc(S(=O)(=O)Nc2ccsc2)cn1. The number of anilines is 1. The van der Waals surface area contributed by atoms with E-state index in [1.54, 1.807) is 16.8 Å². The van der Waals surface area contributed by atoms with Crippen LogP contribution < -0.4 is 4.72 Å². The maximum Gasteiger partial charge on any atom is 0.263 e. The maximum atomic E-state index is 11.9. The van der Waals surface area contributed by atoms with E-state index in [1.165, 1.54) is 23.5 Å². The molecule has 0 aliphatic rings. The van der Waals surface area contributed by atoms with Crippen LogP contribution in [0.3, 0.4) is 0 Å². The van der Waals surface area contributed by atoms with Crippen molar-refractivity contribution < 1.29 is 8.42 Å². The molecule has 0 aliphatic heterocycles. The number of nitrogens with zero attached hydrogens (tertiary/aromatic N) is 2. The quantitative estimate of drug-likeness (QED) is 0.917. The number of rotatable bonds is 3. The van der Waals surface area contributed by atoms with Crippen molar-refractivity contribution in [3.05, 3.63) is 40.8 Å². The van der Waals surface area contributed by atoms with Gasteiger partial charge < -0.3 is 0 Å². The van der Waals surface area contributed by atoms with Crippen molar-refractivity contribution in [3.63, 3.8) is 0 Å². The normalized spacial score (nSPS) is 10.8. The van der Waals surface area contributed by atoms with Crippen molar-refractivity contribution in [1.82, 2.24) is 4.98 Å². The highest BCUT2D eigenvalue weighted by Gasteiger charge is 2.14. The van der Waals surface area contributed by atoms with Gasteiger partial charge in [0.2, 0.25) is 0 Å². The molecule has 0 unspecified atom stereocenters. The number of sulfonamides is 1. The van der Waals surface area contributed by atoms with E-state index in [2.05, 4.69) is 9.71 Å². The highest BCUT2D eigenvalue weighted by Crippen LogP contribution is 2.17. The first-order chi connectivity index (χ1) is 8.12. The molecule has 2 aromatic heterocycles. The van der Waals surface area contributed by atoms with E-state index >= 15 is 0 Å². The van der Waals surface area contributed by atoms with Crippen LogP contribution in [-0.2, 0) is 10.0 Å². The molecule has 0 bridgehead atoms. The molecule has 7 heteroatoms. The minimum Gasteiger partial charge on any atom is -0.279 e. The molecule has 0 atom stereocenters. The summed E-state index contributed by atoms with van der Waals surface area (Å²) in [7, 11) is -3.62. The van der Waals surface area contributed by atoms with Crippen LogP contribution in [-0.4, -0.2) is 13.4 Å². The second kappa shape index (κ2) is 4.53. The van der Waals surface area contributed by atoms with Crippen LogP contribution in [0.25, 0.3) is 0 Å². The molecule has 0 saturated carbocycles. The van der Waals surface area contributed by atoms with Crippen molar-refractivity contribution in [2.45, 2.75) is 4.90 Å². The Kier molecular flexibility index (Phi) is 3.08. The van der Waals surface area contributed by atoms with Gasteiger partial charge in [-0.05, 0) is 23.6 Å². The lowest BCUT2D eigenvalue weighted by Gasteiger charge is -2.05. The van der Waals surface area contributed by atoms with Crippen LogP contribution >= 0.6 is 11.3 Å². The molecule has 0 aromatic carbocycles. The number of hydrogen-bond acceptors (Lipinski definition) is 5. The van der Waals surface area contributed by atoms with Gasteiger partial charge in [0, 0.05) is 11.6 Å². The zero-order chi connectivity index (χ0) is 12.3. The first-order valence-corrected chi connectivity index (χ1v) is 6.95. The number of nitriles is 1. The summed E-state index contributed by atoms with van der Waals surface area (Å²) >= 11 is 1.40. The van der Waals surface area contributed by atoms with Gasteiger partial charge in [0.25, 0.3) is 10.0 Å². The lowest BCUT2D eigenvalue weighted by atomic mass is 10.4. The molecule has 0 radical (unpaired) electrons. The molecule has 2 heterocycles. The van der Waals surface area contributed by atoms with Crippen molar-refractivity contribution in [1.29, 1.82) is 5.26 Å². The van der Waals surface area contributed by atoms with Gasteiger partial charge in [-0.2, -0.15) is 16.6 Å². The van der Waals surface area contributed by atoms with E-state index in [0.717, 1.165) is 6.20 Å². The Labute approximate surface area is 102 Å². The molecule has 17 heavy (non-hydrogen) atoms. The van der Waals surface area contributed by atoms with Crippen molar-refractivity contribution in [3.8, 4) is 6.07 Å². The van der Waals surface area contributed by atoms with Gasteiger partial charge in [-0.25, -0.2) is 13.4 Å². The molecule has 2 aromatic rings. The Morgan fingerprint density at radius 1 is 1.35 bits per heavy atom. The lowest BCUT2D eigenvalue weighted by molar-refractivity contribution is 0.601. The summed E-state index contributed by atoms with van der Waals surface area (Å²) in [5.41, 5.74) is 0.693. The van der Waals surface area contributed by atoms with Crippen molar-refractivity contribution in [2.75, 3.05) is 4.72 Å². The average Bonchev–Trinajstić information content (AvgIpc) is 2.81. The Morgan fingerprint density at radius 2 is 2.18 bits per heavy atom. The number of thiophene rings is 1. The Balaban J connectivity index is 2.29.